The van der Waals surface area contributed by atoms with Gasteiger partial charge < -0.3 is 5.32 Å². The van der Waals surface area contributed by atoms with Crippen LogP contribution in [-0.4, -0.2) is 25.9 Å². The number of fused-ring (bicyclic) bond motifs is 7. The van der Waals surface area contributed by atoms with Crippen molar-refractivity contribution in [2.24, 2.45) is 18.9 Å². The zero-order chi connectivity index (χ0) is 21.9. The number of aromatic nitrogens is 4. The monoisotopic (exact) mass is 429 g/mol. The van der Waals surface area contributed by atoms with Crippen molar-refractivity contribution in [3.8, 4) is 0 Å². The topological polar surface area (TPSA) is 75.6 Å². The molecule has 6 nitrogen and oxygen atoms in total. The maximum atomic E-state index is 12.7. The Bertz CT molecular complexity index is 1160. The van der Waals surface area contributed by atoms with Gasteiger partial charge in [-0.15, -0.1) is 0 Å². The summed E-state index contributed by atoms with van der Waals surface area (Å²) in [7, 11) is 1.86. The van der Waals surface area contributed by atoms with Crippen molar-refractivity contribution in [2.45, 2.75) is 62.7 Å². The quantitative estimate of drug-likeness (QED) is 0.633. The number of carbonyl (C=O) groups is 1. The van der Waals surface area contributed by atoms with Crippen molar-refractivity contribution in [2.75, 3.05) is 5.32 Å². The highest BCUT2D eigenvalue weighted by Crippen LogP contribution is 2.64. The molecule has 5 atom stereocenters. The Kier molecular flexibility index (Phi) is 4.52. The van der Waals surface area contributed by atoms with Crippen LogP contribution >= 0.6 is 0 Å². The van der Waals surface area contributed by atoms with E-state index >= 15 is 0 Å². The third-order valence-electron chi connectivity index (χ3n) is 8.63. The first-order chi connectivity index (χ1) is 15.5. The molecule has 0 radical (unpaired) electrons. The van der Waals surface area contributed by atoms with Crippen LogP contribution in [0.4, 0.5) is 5.82 Å². The number of nitrogens with one attached hydrogen (secondary N) is 2. The summed E-state index contributed by atoms with van der Waals surface area (Å²) < 4.78 is 1.71. The number of amides is 1. The lowest BCUT2D eigenvalue weighted by Crippen LogP contribution is -2.44. The highest BCUT2D eigenvalue weighted by Gasteiger charge is 2.57. The molecule has 1 aromatic carbocycles. The molecular formula is C26H31N5O. The maximum absolute atomic E-state index is 12.7. The standard InChI is InChI=1S/C26H31N5O/c1-26-13-11-18-17-6-4-3-5-16(17)7-8-19(18)24(26)20(21-15-27-29-25(21)26)9-10-23(32)28-22-12-14-31(2)30-22/h3-6,12,14-15,18-20,24H,7-11,13H2,1-2H3,(H,27,29)(H,28,30,32)/t18?,19?,20-,24?,26+/m1/s1. The number of H-pyrrole nitrogens is 1. The first-order valence-electron chi connectivity index (χ1n) is 12.0. The van der Waals surface area contributed by atoms with Crippen LogP contribution in [0, 0.1) is 11.8 Å². The normalized spacial score (nSPS) is 30.2. The van der Waals surface area contributed by atoms with E-state index in [0.717, 1.165) is 6.42 Å². The first-order valence-corrected chi connectivity index (χ1v) is 12.0. The van der Waals surface area contributed by atoms with Gasteiger partial charge >= 0.3 is 0 Å². The van der Waals surface area contributed by atoms with Crippen LogP contribution < -0.4 is 5.32 Å². The van der Waals surface area contributed by atoms with Gasteiger partial charge in [0, 0.05) is 36.8 Å². The van der Waals surface area contributed by atoms with Crippen LogP contribution in [-0.2, 0) is 23.7 Å². The van der Waals surface area contributed by atoms with Crippen molar-refractivity contribution in [1.29, 1.82) is 0 Å². The molecule has 1 saturated carbocycles. The zero-order valence-electron chi connectivity index (χ0n) is 18.8. The van der Waals surface area contributed by atoms with E-state index in [1.807, 2.05) is 25.5 Å². The summed E-state index contributed by atoms with van der Waals surface area (Å²) >= 11 is 0. The highest BCUT2D eigenvalue weighted by atomic mass is 16.1. The van der Waals surface area contributed by atoms with E-state index in [9.17, 15) is 4.79 Å². The summed E-state index contributed by atoms with van der Waals surface area (Å²) in [6, 6.07) is 10.9. The largest absolute Gasteiger partial charge is 0.309 e. The van der Waals surface area contributed by atoms with Crippen LogP contribution in [0.3, 0.4) is 0 Å². The average molecular weight is 430 g/mol. The fraction of sp³-hybridized carbons (Fsp3) is 0.500. The lowest BCUT2D eigenvalue weighted by atomic mass is 9.53. The predicted octanol–water partition coefficient (Wildman–Crippen LogP) is 4.67. The van der Waals surface area contributed by atoms with Gasteiger partial charge in [-0.2, -0.15) is 10.2 Å². The Hall–Kier alpha value is -2.89. The number of rotatable bonds is 4. The molecule has 0 saturated heterocycles. The minimum atomic E-state index is 0.0451. The fourth-order valence-electron chi connectivity index (χ4n) is 7.34. The number of benzene rings is 1. The van der Waals surface area contributed by atoms with Gasteiger partial charge in [0.1, 0.15) is 0 Å². The lowest BCUT2D eigenvalue weighted by Gasteiger charge is -2.50. The summed E-state index contributed by atoms with van der Waals surface area (Å²) in [5.41, 5.74) is 5.92. The van der Waals surface area contributed by atoms with Crippen LogP contribution in [0.5, 0.6) is 0 Å². The summed E-state index contributed by atoms with van der Waals surface area (Å²) in [6.45, 7) is 2.44. The van der Waals surface area contributed by atoms with Gasteiger partial charge in [-0.25, -0.2) is 0 Å². The minimum Gasteiger partial charge on any atom is -0.309 e. The molecule has 6 rings (SSSR count). The summed E-state index contributed by atoms with van der Waals surface area (Å²) in [5.74, 6) is 2.90. The Morgan fingerprint density at radius 3 is 2.97 bits per heavy atom. The van der Waals surface area contributed by atoms with E-state index in [2.05, 4.69) is 51.8 Å². The van der Waals surface area contributed by atoms with E-state index < -0.39 is 0 Å². The highest BCUT2D eigenvalue weighted by molar-refractivity contribution is 5.89. The minimum absolute atomic E-state index is 0.0451. The second-order valence-electron chi connectivity index (χ2n) is 10.3. The molecule has 2 aromatic heterocycles. The Balaban J connectivity index is 1.27. The second kappa shape index (κ2) is 7.32. The third kappa shape index (κ3) is 2.95. The van der Waals surface area contributed by atoms with Gasteiger partial charge in [0.2, 0.25) is 5.91 Å². The van der Waals surface area contributed by atoms with Crippen molar-refractivity contribution in [3.63, 3.8) is 0 Å². The molecule has 2 N–H and O–H groups in total. The summed E-state index contributed by atoms with van der Waals surface area (Å²) in [4.78, 5) is 12.7. The molecule has 0 aliphatic heterocycles. The van der Waals surface area contributed by atoms with E-state index in [-0.39, 0.29) is 11.3 Å². The van der Waals surface area contributed by atoms with Crippen LogP contribution in [0.2, 0.25) is 0 Å². The molecule has 3 aliphatic rings. The average Bonchev–Trinajstić information content (AvgIpc) is 3.49. The molecule has 166 valence electrons. The van der Waals surface area contributed by atoms with Gasteiger partial charge in [-0.1, -0.05) is 31.2 Å². The van der Waals surface area contributed by atoms with E-state index in [0.29, 0.717) is 35.9 Å². The lowest BCUT2D eigenvalue weighted by molar-refractivity contribution is -0.116. The Labute approximate surface area is 188 Å². The molecule has 3 aromatic rings. The fourth-order valence-corrected chi connectivity index (χ4v) is 7.34. The van der Waals surface area contributed by atoms with E-state index in [1.54, 1.807) is 15.8 Å². The SMILES string of the molecule is Cn1ccc(NC(=O)CC[C@@H]2c3cn[nH]c3[C@@]3(C)CCC4c5ccccc5CCC4C23)n1. The first kappa shape index (κ1) is 19.8. The molecule has 2 heterocycles. The van der Waals surface area contributed by atoms with Crippen molar-refractivity contribution in [1.82, 2.24) is 20.0 Å². The van der Waals surface area contributed by atoms with Gasteiger partial charge in [0.15, 0.2) is 5.82 Å². The molecule has 1 fully saturated rings. The van der Waals surface area contributed by atoms with Gasteiger partial charge in [0.25, 0.3) is 0 Å². The Morgan fingerprint density at radius 1 is 1.25 bits per heavy atom. The summed E-state index contributed by atoms with van der Waals surface area (Å²) in [6.07, 6.45) is 10.1. The van der Waals surface area contributed by atoms with Gasteiger partial charge in [-0.3, -0.25) is 14.6 Å². The molecular weight excluding hydrogens is 398 g/mol. The smallest absolute Gasteiger partial charge is 0.225 e. The Morgan fingerprint density at radius 2 is 2.12 bits per heavy atom. The van der Waals surface area contributed by atoms with E-state index in [1.165, 1.54) is 36.9 Å². The molecule has 32 heavy (non-hydrogen) atoms. The number of nitrogens with zero attached hydrogens (tertiary/aromatic N) is 3. The van der Waals surface area contributed by atoms with E-state index in [4.69, 9.17) is 0 Å². The number of aromatic amines is 1. The molecule has 1 amide bonds. The van der Waals surface area contributed by atoms with Gasteiger partial charge in [0.05, 0.1) is 6.20 Å². The zero-order valence-corrected chi connectivity index (χ0v) is 18.8. The van der Waals surface area contributed by atoms with Crippen molar-refractivity contribution >= 4 is 11.7 Å². The number of aryl methyl sites for hydroxylation is 2. The van der Waals surface area contributed by atoms with Gasteiger partial charge in [-0.05, 0) is 72.5 Å². The van der Waals surface area contributed by atoms with Crippen molar-refractivity contribution < 1.29 is 4.79 Å². The number of hydrogen-bond acceptors (Lipinski definition) is 3. The summed E-state index contributed by atoms with van der Waals surface area (Å²) in [5, 5.41) is 15.0. The number of anilines is 1. The van der Waals surface area contributed by atoms with Crippen LogP contribution in [0.25, 0.3) is 0 Å². The van der Waals surface area contributed by atoms with Crippen LogP contribution in [0.15, 0.2) is 42.7 Å². The predicted molar refractivity (Wildman–Crippen MR) is 123 cm³/mol. The number of carbonyl (C=O) groups excluding carboxylic acids is 1. The van der Waals surface area contributed by atoms with Crippen molar-refractivity contribution in [3.05, 3.63) is 65.1 Å². The second-order valence-corrected chi connectivity index (χ2v) is 10.3. The maximum Gasteiger partial charge on any atom is 0.225 e. The molecule has 6 heteroatoms. The molecule has 0 spiro atoms. The third-order valence-corrected chi connectivity index (χ3v) is 8.63. The molecule has 3 unspecified atom stereocenters. The molecule has 3 aliphatic carbocycles. The van der Waals surface area contributed by atoms with Crippen LogP contribution in [0.1, 0.15) is 73.2 Å². The molecule has 0 bridgehead atoms. The number of hydrogen-bond donors (Lipinski definition) is 2.